The maximum atomic E-state index is 12.3. The highest BCUT2D eigenvalue weighted by Gasteiger charge is 2.35. The lowest BCUT2D eigenvalue weighted by Crippen LogP contribution is -2.52. The molecular formula is C15H22ClN3O3. The Kier molecular flexibility index (Phi) is 6.64. The molecule has 0 aromatic heterocycles. The molecule has 0 unspecified atom stereocenters. The molecule has 22 heavy (non-hydrogen) atoms. The average molecular weight is 328 g/mol. The van der Waals surface area contributed by atoms with Gasteiger partial charge in [-0.2, -0.15) is 0 Å². The van der Waals surface area contributed by atoms with E-state index in [0.29, 0.717) is 24.3 Å². The Morgan fingerprint density at radius 1 is 1.23 bits per heavy atom. The molecule has 0 spiro atoms. The molecule has 122 valence electrons. The monoisotopic (exact) mass is 327 g/mol. The van der Waals surface area contributed by atoms with E-state index in [2.05, 4.69) is 5.32 Å². The van der Waals surface area contributed by atoms with Crippen LogP contribution in [-0.2, 0) is 9.59 Å². The van der Waals surface area contributed by atoms with E-state index < -0.39 is 11.4 Å². The maximum absolute atomic E-state index is 12.3. The number of carbonyl (C=O) groups excluding carboxylic acids is 2. The summed E-state index contributed by atoms with van der Waals surface area (Å²) in [5.41, 5.74) is 11.0. The van der Waals surface area contributed by atoms with Crippen molar-refractivity contribution in [3.63, 3.8) is 0 Å². The molecule has 6 nitrogen and oxygen atoms in total. The molecule has 0 bridgehead atoms. The molecular weight excluding hydrogens is 306 g/mol. The Hall–Kier alpha value is -1.79. The van der Waals surface area contributed by atoms with Crippen molar-refractivity contribution in [3.05, 3.63) is 24.3 Å². The van der Waals surface area contributed by atoms with E-state index in [4.69, 9.17) is 16.2 Å². The van der Waals surface area contributed by atoms with Crippen LogP contribution in [0.4, 0.5) is 5.69 Å². The van der Waals surface area contributed by atoms with Crippen molar-refractivity contribution in [3.8, 4) is 5.75 Å². The summed E-state index contributed by atoms with van der Waals surface area (Å²) >= 11 is 0. The van der Waals surface area contributed by atoms with Gasteiger partial charge in [-0.1, -0.05) is 25.3 Å². The minimum atomic E-state index is -0.789. The molecule has 1 aliphatic rings. The number of primary amides is 1. The quantitative estimate of drug-likeness (QED) is 0.762. The molecule has 1 saturated carbocycles. The minimum Gasteiger partial charge on any atom is -0.484 e. The number of amides is 2. The van der Waals surface area contributed by atoms with Crippen LogP contribution in [0.2, 0.25) is 0 Å². The number of ether oxygens (including phenoxy) is 1. The van der Waals surface area contributed by atoms with Crippen molar-refractivity contribution < 1.29 is 14.3 Å². The molecule has 0 heterocycles. The summed E-state index contributed by atoms with van der Waals surface area (Å²) < 4.78 is 5.20. The normalized spacial score (nSPS) is 16.2. The molecule has 0 radical (unpaired) electrons. The largest absolute Gasteiger partial charge is 0.484 e. The van der Waals surface area contributed by atoms with Crippen LogP contribution in [0.15, 0.2) is 24.3 Å². The number of carbonyl (C=O) groups is 2. The Bertz CT molecular complexity index is 531. The number of nitrogens with one attached hydrogen (secondary N) is 1. The van der Waals surface area contributed by atoms with Gasteiger partial charge in [0.2, 0.25) is 5.91 Å². The van der Waals surface area contributed by atoms with Crippen molar-refractivity contribution in [2.45, 2.75) is 37.6 Å². The summed E-state index contributed by atoms with van der Waals surface area (Å²) in [6.45, 7) is -0.196. The number of anilines is 1. The van der Waals surface area contributed by atoms with Gasteiger partial charge >= 0.3 is 0 Å². The molecule has 0 aliphatic heterocycles. The van der Waals surface area contributed by atoms with Crippen molar-refractivity contribution in [1.82, 2.24) is 0 Å². The van der Waals surface area contributed by atoms with Crippen LogP contribution >= 0.6 is 12.4 Å². The summed E-state index contributed by atoms with van der Waals surface area (Å²) in [6, 6.07) is 6.82. The van der Waals surface area contributed by atoms with E-state index in [9.17, 15) is 9.59 Å². The van der Waals surface area contributed by atoms with Gasteiger partial charge in [0, 0.05) is 11.8 Å². The molecule has 0 saturated heterocycles. The van der Waals surface area contributed by atoms with Crippen LogP contribution in [-0.4, -0.2) is 24.0 Å². The fourth-order valence-electron chi connectivity index (χ4n) is 2.48. The topological polar surface area (TPSA) is 107 Å². The highest BCUT2D eigenvalue weighted by Crippen LogP contribution is 2.27. The van der Waals surface area contributed by atoms with Gasteiger partial charge in [0.15, 0.2) is 6.61 Å². The summed E-state index contributed by atoms with van der Waals surface area (Å²) in [5.74, 6) is -0.247. The molecule has 1 aromatic rings. The summed E-state index contributed by atoms with van der Waals surface area (Å²) in [7, 11) is 0. The van der Waals surface area contributed by atoms with Gasteiger partial charge < -0.3 is 21.5 Å². The highest BCUT2D eigenvalue weighted by molar-refractivity contribution is 5.98. The molecule has 0 atom stereocenters. The zero-order valence-electron chi connectivity index (χ0n) is 12.3. The van der Waals surface area contributed by atoms with E-state index in [1.165, 1.54) is 0 Å². The van der Waals surface area contributed by atoms with Crippen LogP contribution < -0.4 is 21.5 Å². The number of benzene rings is 1. The first-order chi connectivity index (χ1) is 9.99. The zero-order chi connectivity index (χ0) is 15.3. The lowest BCUT2D eigenvalue weighted by molar-refractivity contribution is -0.122. The first-order valence-electron chi connectivity index (χ1n) is 7.11. The van der Waals surface area contributed by atoms with E-state index in [1.807, 2.05) is 0 Å². The SMILES string of the molecule is Cl.NC(=O)COc1cccc(NC(=O)C2(N)CCCCC2)c1. The summed E-state index contributed by atoms with van der Waals surface area (Å²) in [6.07, 6.45) is 4.49. The third-order valence-electron chi connectivity index (χ3n) is 3.67. The summed E-state index contributed by atoms with van der Waals surface area (Å²) in [5, 5.41) is 2.82. The molecule has 1 aliphatic carbocycles. The Morgan fingerprint density at radius 2 is 1.91 bits per heavy atom. The van der Waals surface area contributed by atoms with Gasteiger partial charge in [-0.05, 0) is 25.0 Å². The number of hydrogen-bond acceptors (Lipinski definition) is 4. The number of rotatable bonds is 5. The molecule has 2 rings (SSSR count). The first kappa shape index (κ1) is 18.3. The van der Waals surface area contributed by atoms with Gasteiger partial charge in [-0.25, -0.2) is 0 Å². The van der Waals surface area contributed by atoms with Crippen LogP contribution in [0.1, 0.15) is 32.1 Å². The molecule has 2 amide bonds. The van der Waals surface area contributed by atoms with E-state index in [0.717, 1.165) is 19.3 Å². The second-order valence-electron chi connectivity index (χ2n) is 5.45. The molecule has 1 aromatic carbocycles. The Balaban J connectivity index is 0.00000242. The smallest absolute Gasteiger partial charge is 0.255 e. The predicted octanol–water partition coefficient (Wildman–Crippen LogP) is 1.57. The zero-order valence-corrected chi connectivity index (χ0v) is 13.2. The third kappa shape index (κ3) is 4.89. The second-order valence-corrected chi connectivity index (χ2v) is 5.45. The van der Waals surface area contributed by atoms with Gasteiger partial charge in [-0.15, -0.1) is 12.4 Å². The van der Waals surface area contributed by atoms with E-state index in [-0.39, 0.29) is 24.9 Å². The van der Waals surface area contributed by atoms with Gasteiger partial charge in [0.25, 0.3) is 5.91 Å². The van der Waals surface area contributed by atoms with Gasteiger partial charge in [0.1, 0.15) is 5.75 Å². The van der Waals surface area contributed by atoms with Crippen molar-refractivity contribution >= 4 is 29.9 Å². The Morgan fingerprint density at radius 3 is 2.55 bits per heavy atom. The molecule has 7 heteroatoms. The van der Waals surface area contributed by atoms with E-state index in [1.54, 1.807) is 24.3 Å². The fourth-order valence-corrected chi connectivity index (χ4v) is 2.48. The molecule has 5 N–H and O–H groups in total. The van der Waals surface area contributed by atoms with Crippen LogP contribution in [0, 0.1) is 0 Å². The first-order valence-corrected chi connectivity index (χ1v) is 7.11. The van der Waals surface area contributed by atoms with Crippen molar-refractivity contribution in [2.24, 2.45) is 11.5 Å². The van der Waals surface area contributed by atoms with Crippen molar-refractivity contribution in [2.75, 3.05) is 11.9 Å². The standard InChI is InChI=1S/C15H21N3O3.ClH/c16-13(19)10-21-12-6-4-5-11(9-12)18-14(20)15(17)7-2-1-3-8-15;/h4-6,9H,1-3,7-8,10,17H2,(H2,16,19)(H,18,20);1H. The van der Waals surface area contributed by atoms with Gasteiger partial charge in [-0.3, -0.25) is 9.59 Å². The third-order valence-corrected chi connectivity index (χ3v) is 3.67. The van der Waals surface area contributed by atoms with Gasteiger partial charge in [0.05, 0.1) is 5.54 Å². The summed E-state index contributed by atoms with van der Waals surface area (Å²) in [4.78, 5) is 23.0. The minimum absolute atomic E-state index is 0. The average Bonchev–Trinajstić information content (AvgIpc) is 2.46. The lowest BCUT2D eigenvalue weighted by Gasteiger charge is -2.31. The number of nitrogens with two attached hydrogens (primary N) is 2. The number of halogens is 1. The lowest BCUT2D eigenvalue weighted by atomic mass is 9.82. The maximum Gasteiger partial charge on any atom is 0.255 e. The highest BCUT2D eigenvalue weighted by atomic mass is 35.5. The molecule has 1 fully saturated rings. The Labute approximate surface area is 136 Å². The van der Waals surface area contributed by atoms with Crippen LogP contribution in [0.5, 0.6) is 5.75 Å². The van der Waals surface area contributed by atoms with Crippen LogP contribution in [0.3, 0.4) is 0 Å². The van der Waals surface area contributed by atoms with Crippen molar-refractivity contribution in [1.29, 1.82) is 0 Å². The van der Waals surface area contributed by atoms with E-state index >= 15 is 0 Å². The number of hydrogen-bond donors (Lipinski definition) is 3. The predicted molar refractivity (Wildman–Crippen MR) is 87.0 cm³/mol. The fraction of sp³-hybridized carbons (Fsp3) is 0.467. The second kappa shape index (κ2) is 8.00. The van der Waals surface area contributed by atoms with Crippen LogP contribution in [0.25, 0.3) is 0 Å².